The van der Waals surface area contributed by atoms with Crippen molar-refractivity contribution in [3.8, 4) is 5.69 Å². The molecule has 2 aromatic rings. The van der Waals surface area contributed by atoms with Crippen molar-refractivity contribution in [2.24, 2.45) is 17.8 Å². The van der Waals surface area contributed by atoms with Crippen LogP contribution in [0.5, 0.6) is 0 Å². The first-order chi connectivity index (χ1) is 11.2. The van der Waals surface area contributed by atoms with Gasteiger partial charge in [0.1, 0.15) is 0 Å². The molecule has 4 heteroatoms. The molecule has 4 nitrogen and oxygen atoms in total. The fourth-order valence-corrected chi connectivity index (χ4v) is 4.46. The topological polar surface area (TPSA) is 46.9 Å². The number of hydrogen-bond donors (Lipinski definition) is 1. The van der Waals surface area contributed by atoms with Gasteiger partial charge >= 0.3 is 0 Å². The summed E-state index contributed by atoms with van der Waals surface area (Å²) in [5.41, 5.74) is 1.46. The highest BCUT2D eigenvalue weighted by Gasteiger charge is 2.42. The monoisotopic (exact) mass is 309 g/mol. The molecule has 0 saturated heterocycles. The van der Waals surface area contributed by atoms with Gasteiger partial charge in [-0.05, 0) is 62.1 Å². The number of fused-ring (bicyclic) bond motifs is 2. The molecule has 0 radical (unpaired) electrons. The standard InChI is InChI=1S/C19H23N3O/c1-13(17-12-14-7-8-15(17)11-14)20-19(23)18-9-10-22(21-18)16-5-3-2-4-6-16/h2-6,9-10,13-15,17H,7-8,11-12H2,1H3,(H,20,23). The van der Waals surface area contributed by atoms with Crippen molar-refractivity contribution in [3.05, 3.63) is 48.3 Å². The molecule has 0 aliphatic heterocycles. The molecular formula is C19H23N3O. The van der Waals surface area contributed by atoms with Gasteiger partial charge in [-0.15, -0.1) is 0 Å². The van der Waals surface area contributed by atoms with E-state index in [9.17, 15) is 4.79 Å². The van der Waals surface area contributed by atoms with Crippen molar-refractivity contribution < 1.29 is 4.79 Å². The third-order valence-corrected chi connectivity index (χ3v) is 5.64. The Morgan fingerprint density at radius 3 is 2.74 bits per heavy atom. The summed E-state index contributed by atoms with van der Waals surface area (Å²) in [5.74, 6) is 2.31. The number of nitrogens with one attached hydrogen (secondary N) is 1. The zero-order chi connectivity index (χ0) is 15.8. The maximum Gasteiger partial charge on any atom is 0.272 e. The predicted molar refractivity (Wildman–Crippen MR) is 89.4 cm³/mol. The van der Waals surface area contributed by atoms with Crippen LogP contribution in [0.2, 0.25) is 0 Å². The van der Waals surface area contributed by atoms with Crippen LogP contribution in [-0.2, 0) is 0 Å². The van der Waals surface area contributed by atoms with Gasteiger partial charge in [0, 0.05) is 12.2 Å². The molecule has 1 aromatic heterocycles. The number of rotatable bonds is 4. The third kappa shape index (κ3) is 2.78. The molecule has 2 saturated carbocycles. The van der Waals surface area contributed by atoms with E-state index in [-0.39, 0.29) is 11.9 Å². The van der Waals surface area contributed by atoms with Gasteiger partial charge in [-0.1, -0.05) is 24.6 Å². The lowest BCUT2D eigenvalue weighted by Gasteiger charge is -2.28. The van der Waals surface area contributed by atoms with E-state index in [1.165, 1.54) is 25.7 Å². The molecule has 1 N–H and O–H groups in total. The minimum Gasteiger partial charge on any atom is -0.348 e. The van der Waals surface area contributed by atoms with Gasteiger partial charge in [-0.3, -0.25) is 4.79 Å². The SMILES string of the molecule is CC(NC(=O)c1ccn(-c2ccccc2)n1)C1CC2CCC1C2. The quantitative estimate of drug-likeness (QED) is 0.940. The number of amides is 1. The number of nitrogens with zero attached hydrogens (tertiary/aromatic N) is 2. The Bertz CT molecular complexity index is 694. The molecule has 4 unspecified atom stereocenters. The van der Waals surface area contributed by atoms with E-state index in [0.29, 0.717) is 11.6 Å². The van der Waals surface area contributed by atoms with Crippen LogP contribution in [0.3, 0.4) is 0 Å². The molecule has 1 aromatic carbocycles. The maximum absolute atomic E-state index is 12.5. The highest BCUT2D eigenvalue weighted by Crippen LogP contribution is 2.49. The van der Waals surface area contributed by atoms with Gasteiger partial charge in [0.05, 0.1) is 5.69 Å². The van der Waals surface area contributed by atoms with E-state index >= 15 is 0 Å². The fraction of sp³-hybridized carbons (Fsp3) is 0.474. The molecule has 0 spiro atoms. The van der Waals surface area contributed by atoms with Crippen LogP contribution in [0, 0.1) is 17.8 Å². The van der Waals surface area contributed by atoms with Crippen molar-refractivity contribution in [1.29, 1.82) is 0 Å². The second-order valence-corrected chi connectivity index (χ2v) is 7.08. The van der Waals surface area contributed by atoms with Crippen LogP contribution in [-0.4, -0.2) is 21.7 Å². The van der Waals surface area contributed by atoms with Crippen LogP contribution in [0.1, 0.15) is 43.1 Å². The number of carbonyl (C=O) groups excluding carboxylic acids is 1. The van der Waals surface area contributed by atoms with Crippen LogP contribution in [0.15, 0.2) is 42.6 Å². The molecule has 1 heterocycles. The van der Waals surface area contributed by atoms with Crippen molar-refractivity contribution in [2.45, 2.75) is 38.6 Å². The van der Waals surface area contributed by atoms with Gasteiger partial charge in [0.2, 0.25) is 0 Å². The second kappa shape index (κ2) is 5.84. The Kier molecular flexibility index (Phi) is 3.68. The summed E-state index contributed by atoms with van der Waals surface area (Å²) in [6, 6.07) is 11.9. The van der Waals surface area contributed by atoms with Gasteiger partial charge in [-0.25, -0.2) is 4.68 Å². The van der Waals surface area contributed by atoms with Crippen molar-refractivity contribution in [1.82, 2.24) is 15.1 Å². The van der Waals surface area contributed by atoms with E-state index in [2.05, 4.69) is 17.3 Å². The van der Waals surface area contributed by atoms with E-state index in [1.807, 2.05) is 36.5 Å². The number of aromatic nitrogens is 2. The first-order valence-corrected chi connectivity index (χ1v) is 8.62. The highest BCUT2D eigenvalue weighted by atomic mass is 16.2. The Labute approximate surface area is 136 Å². The molecule has 2 fully saturated rings. The largest absolute Gasteiger partial charge is 0.348 e. The fourth-order valence-electron chi connectivity index (χ4n) is 4.46. The molecule has 2 aliphatic carbocycles. The van der Waals surface area contributed by atoms with Crippen LogP contribution in [0.25, 0.3) is 5.69 Å². The zero-order valence-electron chi connectivity index (χ0n) is 13.5. The summed E-state index contributed by atoms with van der Waals surface area (Å²) in [4.78, 5) is 12.5. The molecule has 2 bridgehead atoms. The van der Waals surface area contributed by atoms with Crippen molar-refractivity contribution >= 4 is 5.91 Å². The predicted octanol–water partition coefficient (Wildman–Crippen LogP) is 3.43. The lowest BCUT2D eigenvalue weighted by atomic mass is 9.84. The molecule has 2 aliphatic rings. The van der Waals surface area contributed by atoms with Gasteiger partial charge in [-0.2, -0.15) is 5.10 Å². The van der Waals surface area contributed by atoms with E-state index in [4.69, 9.17) is 0 Å². The summed E-state index contributed by atoms with van der Waals surface area (Å²) >= 11 is 0. The summed E-state index contributed by atoms with van der Waals surface area (Å²) in [7, 11) is 0. The smallest absolute Gasteiger partial charge is 0.272 e. The minimum atomic E-state index is -0.0602. The summed E-state index contributed by atoms with van der Waals surface area (Å²) in [6.45, 7) is 2.15. The first-order valence-electron chi connectivity index (χ1n) is 8.62. The lowest BCUT2D eigenvalue weighted by molar-refractivity contribution is 0.0910. The Hall–Kier alpha value is -2.10. The van der Waals surface area contributed by atoms with Crippen molar-refractivity contribution in [3.63, 3.8) is 0 Å². The zero-order valence-corrected chi connectivity index (χ0v) is 13.5. The summed E-state index contributed by atoms with van der Waals surface area (Å²) < 4.78 is 1.75. The summed E-state index contributed by atoms with van der Waals surface area (Å²) in [5, 5.41) is 7.59. The average Bonchev–Trinajstić information content (AvgIpc) is 3.31. The lowest BCUT2D eigenvalue weighted by Crippen LogP contribution is -2.40. The number of hydrogen-bond acceptors (Lipinski definition) is 2. The van der Waals surface area contributed by atoms with Crippen LogP contribution < -0.4 is 5.32 Å². The van der Waals surface area contributed by atoms with E-state index in [1.54, 1.807) is 10.7 Å². The van der Waals surface area contributed by atoms with E-state index < -0.39 is 0 Å². The molecule has 4 atom stereocenters. The third-order valence-electron chi connectivity index (χ3n) is 5.64. The maximum atomic E-state index is 12.5. The van der Waals surface area contributed by atoms with E-state index in [0.717, 1.165) is 17.5 Å². The molecular weight excluding hydrogens is 286 g/mol. The number of benzene rings is 1. The molecule has 23 heavy (non-hydrogen) atoms. The second-order valence-electron chi connectivity index (χ2n) is 7.08. The molecule has 120 valence electrons. The number of carbonyl (C=O) groups is 1. The molecule has 1 amide bonds. The van der Waals surface area contributed by atoms with Crippen LogP contribution >= 0.6 is 0 Å². The Balaban J connectivity index is 1.42. The number of para-hydroxylation sites is 1. The Morgan fingerprint density at radius 2 is 2.04 bits per heavy atom. The van der Waals surface area contributed by atoms with Crippen LogP contribution in [0.4, 0.5) is 0 Å². The highest BCUT2D eigenvalue weighted by molar-refractivity contribution is 5.92. The summed E-state index contributed by atoms with van der Waals surface area (Å²) in [6.07, 6.45) is 7.23. The first kappa shape index (κ1) is 14.5. The van der Waals surface area contributed by atoms with Gasteiger partial charge in [0.25, 0.3) is 5.91 Å². The van der Waals surface area contributed by atoms with Gasteiger partial charge in [0.15, 0.2) is 5.69 Å². The average molecular weight is 309 g/mol. The Morgan fingerprint density at radius 1 is 1.22 bits per heavy atom. The molecule has 4 rings (SSSR count). The normalized spacial score (nSPS) is 27.1. The minimum absolute atomic E-state index is 0.0602. The van der Waals surface area contributed by atoms with Gasteiger partial charge < -0.3 is 5.32 Å². The van der Waals surface area contributed by atoms with Crippen molar-refractivity contribution in [2.75, 3.05) is 0 Å².